The Morgan fingerprint density at radius 3 is 2.68 bits per heavy atom. The number of H-pyrrole nitrogens is 1. The minimum Gasteiger partial charge on any atom is -0.363 e. The fourth-order valence-electron chi connectivity index (χ4n) is 1.75. The van der Waals surface area contributed by atoms with Crippen LogP contribution in [0.2, 0.25) is 0 Å². The topological polar surface area (TPSA) is 65.2 Å². The highest BCUT2D eigenvalue weighted by Gasteiger charge is 2.23. The van der Waals surface area contributed by atoms with Crippen molar-refractivity contribution in [3.63, 3.8) is 0 Å². The molecule has 1 heterocycles. The molecule has 0 atom stereocenters. The van der Waals surface area contributed by atoms with Crippen molar-refractivity contribution in [3.05, 3.63) is 30.1 Å². The average Bonchev–Trinajstić information content (AvgIpc) is 2.82. The number of aromatic nitrogens is 1. The smallest absolute Gasteiger partial charge is 0.244 e. The number of hydrogen-bond donors (Lipinski definition) is 2. The van der Waals surface area contributed by atoms with Crippen LogP contribution in [0.5, 0.6) is 0 Å². The van der Waals surface area contributed by atoms with Crippen molar-refractivity contribution in [2.75, 3.05) is 19.6 Å². The van der Waals surface area contributed by atoms with Gasteiger partial charge in [0, 0.05) is 31.5 Å². The van der Waals surface area contributed by atoms with Crippen LogP contribution in [0.15, 0.2) is 29.3 Å². The van der Waals surface area contributed by atoms with Gasteiger partial charge in [0.15, 0.2) is 0 Å². The lowest BCUT2D eigenvalue weighted by atomic mass is 10.3. The van der Waals surface area contributed by atoms with Crippen LogP contribution >= 0.6 is 0 Å². The molecule has 0 aliphatic carbocycles. The molecule has 19 heavy (non-hydrogen) atoms. The Kier molecular flexibility index (Phi) is 5.78. The summed E-state index contributed by atoms with van der Waals surface area (Å²) in [5.74, 6) is 0. The highest BCUT2D eigenvalue weighted by Crippen LogP contribution is 2.17. The molecule has 0 saturated heterocycles. The molecule has 0 amide bonds. The lowest BCUT2D eigenvalue weighted by Gasteiger charge is -2.19. The second-order valence-corrected chi connectivity index (χ2v) is 6.47. The van der Waals surface area contributed by atoms with E-state index >= 15 is 0 Å². The van der Waals surface area contributed by atoms with E-state index in [1.54, 1.807) is 12.3 Å². The van der Waals surface area contributed by atoms with Crippen LogP contribution in [0, 0.1) is 0 Å². The number of nitrogens with zero attached hydrogens (tertiary/aromatic N) is 1. The van der Waals surface area contributed by atoms with Gasteiger partial charge in [0.05, 0.1) is 4.90 Å². The van der Waals surface area contributed by atoms with Gasteiger partial charge in [-0.1, -0.05) is 26.0 Å². The molecule has 108 valence electrons. The molecule has 0 aliphatic heterocycles. The molecule has 2 N–H and O–H groups in total. The minimum atomic E-state index is -3.44. The second kappa shape index (κ2) is 6.88. The summed E-state index contributed by atoms with van der Waals surface area (Å²) in [7, 11) is -3.44. The van der Waals surface area contributed by atoms with Crippen molar-refractivity contribution in [2.45, 2.75) is 32.2 Å². The van der Waals surface area contributed by atoms with Gasteiger partial charge < -0.3 is 10.3 Å². The Labute approximate surface area is 115 Å². The first-order valence-corrected chi connectivity index (χ1v) is 7.88. The lowest BCUT2D eigenvalue weighted by molar-refractivity contribution is 0.453. The highest BCUT2D eigenvalue weighted by atomic mass is 32.2. The first-order valence-electron chi connectivity index (χ1n) is 6.44. The third kappa shape index (κ3) is 4.19. The third-order valence-corrected chi connectivity index (χ3v) is 4.62. The minimum absolute atomic E-state index is 0.309. The van der Waals surface area contributed by atoms with Crippen molar-refractivity contribution in [1.82, 2.24) is 14.6 Å². The van der Waals surface area contributed by atoms with Gasteiger partial charge in [-0.2, -0.15) is 4.31 Å². The molecular weight excluding hydrogens is 262 g/mol. The van der Waals surface area contributed by atoms with Crippen LogP contribution in [-0.4, -0.2) is 37.3 Å². The summed E-state index contributed by atoms with van der Waals surface area (Å²) in [4.78, 5) is 3.30. The van der Waals surface area contributed by atoms with Crippen LogP contribution in [0.25, 0.3) is 0 Å². The van der Waals surface area contributed by atoms with Gasteiger partial charge in [-0.05, 0) is 19.5 Å². The zero-order valence-electron chi connectivity index (χ0n) is 11.9. The third-order valence-electron chi connectivity index (χ3n) is 2.72. The van der Waals surface area contributed by atoms with Crippen LogP contribution in [0.3, 0.4) is 0 Å². The van der Waals surface area contributed by atoms with E-state index in [1.807, 2.05) is 20.8 Å². The summed E-state index contributed by atoms with van der Waals surface area (Å²) in [6, 6.07) is 1.68. The number of sulfonamides is 1. The predicted molar refractivity (Wildman–Crippen MR) is 77.4 cm³/mol. The van der Waals surface area contributed by atoms with Crippen LogP contribution < -0.4 is 5.32 Å². The molecule has 0 spiro atoms. The molecular formula is C13H23N3O2S. The van der Waals surface area contributed by atoms with Crippen LogP contribution in [0.1, 0.15) is 26.5 Å². The molecule has 5 nitrogen and oxygen atoms in total. The largest absolute Gasteiger partial charge is 0.363 e. The van der Waals surface area contributed by atoms with E-state index in [4.69, 9.17) is 0 Å². The maximum absolute atomic E-state index is 12.4. The van der Waals surface area contributed by atoms with E-state index in [0.29, 0.717) is 24.5 Å². The first-order chi connectivity index (χ1) is 8.91. The van der Waals surface area contributed by atoms with E-state index < -0.39 is 10.0 Å². The maximum Gasteiger partial charge on any atom is 0.244 e. The van der Waals surface area contributed by atoms with Gasteiger partial charge in [-0.25, -0.2) is 8.42 Å². The number of aromatic amines is 1. The molecule has 1 aromatic heterocycles. The fraction of sp³-hybridized carbons (Fsp3) is 0.538. The van der Waals surface area contributed by atoms with Crippen molar-refractivity contribution in [3.8, 4) is 0 Å². The molecule has 0 aliphatic rings. The molecule has 0 bridgehead atoms. The van der Waals surface area contributed by atoms with Crippen LogP contribution in [-0.2, 0) is 16.6 Å². The average molecular weight is 285 g/mol. The van der Waals surface area contributed by atoms with E-state index in [2.05, 4.69) is 16.9 Å². The fourth-order valence-corrected chi connectivity index (χ4v) is 3.27. The lowest BCUT2D eigenvalue weighted by Crippen LogP contribution is -2.32. The van der Waals surface area contributed by atoms with E-state index in [1.165, 1.54) is 4.31 Å². The molecule has 0 fully saturated rings. The summed E-state index contributed by atoms with van der Waals surface area (Å²) in [6.45, 7) is 11.7. The monoisotopic (exact) mass is 285 g/mol. The van der Waals surface area contributed by atoms with Gasteiger partial charge in [0.2, 0.25) is 10.0 Å². The summed E-state index contributed by atoms with van der Waals surface area (Å²) in [6.07, 6.45) is 1.54. The number of rotatable bonds is 8. The maximum atomic E-state index is 12.4. The van der Waals surface area contributed by atoms with Gasteiger partial charge in [-0.3, -0.25) is 0 Å². The van der Waals surface area contributed by atoms with E-state index in [0.717, 1.165) is 17.8 Å². The Bertz CT molecular complexity index is 520. The number of nitrogens with one attached hydrogen (secondary N) is 2. The van der Waals surface area contributed by atoms with Crippen molar-refractivity contribution in [1.29, 1.82) is 0 Å². The standard InChI is InChI=1S/C13H23N3O2S/c1-5-14-8-12-7-13(9-15-12)19(17,18)16(6-2)10-11(3)4/h7,9,14-15H,3,5-6,8,10H2,1-2,4H3. The van der Waals surface area contributed by atoms with Gasteiger partial charge in [0.25, 0.3) is 0 Å². The van der Waals surface area contributed by atoms with Gasteiger partial charge >= 0.3 is 0 Å². The van der Waals surface area contributed by atoms with E-state index in [-0.39, 0.29) is 0 Å². The van der Waals surface area contributed by atoms with Crippen LogP contribution in [0.4, 0.5) is 0 Å². The Morgan fingerprint density at radius 1 is 1.47 bits per heavy atom. The molecule has 0 radical (unpaired) electrons. The number of likely N-dealkylation sites (N-methyl/N-ethyl adjacent to an activating group) is 1. The Morgan fingerprint density at radius 2 is 2.16 bits per heavy atom. The quantitative estimate of drug-likeness (QED) is 0.715. The summed E-state index contributed by atoms with van der Waals surface area (Å²) in [5, 5.41) is 3.15. The summed E-state index contributed by atoms with van der Waals surface area (Å²) in [5.41, 5.74) is 1.70. The predicted octanol–water partition coefficient (Wildman–Crippen LogP) is 1.71. The Balaban J connectivity index is 2.92. The highest BCUT2D eigenvalue weighted by molar-refractivity contribution is 7.89. The normalized spacial score (nSPS) is 12.0. The van der Waals surface area contributed by atoms with Gasteiger partial charge in [0.1, 0.15) is 0 Å². The Hall–Kier alpha value is -1.11. The summed E-state index contributed by atoms with van der Waals surface area (Å²) >= 11 is 0. The second-order valence-electron chi connectivity index (χ2n) is 4.53. The zero-order chi connectivity index (χ0) is 14.5. The molecule has 6 heteroatoms. The zero-order valence-corrected chi connectivity index (χ0v) is 12.7. The van der Waals surface area contributed by atoms with Gasteiger partial charge in [-0.15, -0.1) is 0 Å². The molecule has 0 unspecified atom stereocenters. The van der Waals surface area contributed by atoms with Crippen molar-refractivity contribution in [2.24, 2.45) is 0 Å². The van der Waals surface area contributed by atoms with Crippen molar-refractivity contribution >= 4 is 10.0 Å². The number of hydrogen-bond acceptors (Lipinski definition) is 3. The molecule has 0 aromatic carbocycles. The molecule has 0 saturated carbocycles. The molecule has 1 aromatic rings. The summed E-state index contributed by atoms with van der Waals surface area (Å²) < 4.78 is 26.3. The first kappa shape index (κ1) is 15.9. The van der Waals surface area contributed by atoms with Crippen molar-refractivity contribution < 1.29 is 8.42 Å². The SMILES string of the molecule is C=C(C)CN(CC)S(=O)(=O)c1c[nH]c(CNCC)c1. The molecule has 1 rings (SSSR count). The van der Waals surface area contributed by atoms with E-state index in [9.17, 15) is 8.42 Å².